The first-order chi connectivity index (χ1) is 13.4. The number of fused-ring (bicyclic) bond motifs is 5. The van der Waals surface area contributed by atoms with Gasteiger partial charge in [0.1, 0.15) is 5.67 Å². The van der Waals surface area contributed by atoms with E-state index in [1.165, 1.54) is 13.8 Å². The Bertz CT molecular complexity index is 820. The summed E-state index contributed by atoms with van der Waals surface area (Å²) in [6, 6.07) is 0. The fourth-order valence-electron chi connectivity index (χ4n) is 7.62. The predicted octanol–water partition coefficient (Wildman–Crippen LogP) is 3.47. The van der Waals surface area contributed by atoms with Crippen LogP contribution < -0.4 is 0 Å². The zero-order valence-electron chi connectivity index (χ0n) is 17.7. The Kier molecular flexibility index (Phi) is 4.44. The second-order valence-corrected chi connectivity index (χ2v) is 10.1. The Hall–Kier alpha value is -1.56. The number of rotatable bonds is 2. The highest BCUT2D eigenvalue weighted by Gasteiger charge is 2.75. The van der Waals surface area contributed by atoms with E-state index in [1.54, 1.807) is 6.08 Å². The molecule has 0 bridgehead atoms. The zero-order chi connectivity index (χ0) is 21.4. The van der Waals surface area contributed by atoms with Crippen LogP contribution in [0.4, 0.5) is 4.39 Å². The molecule has 0 saturated heterocycles. The van der Waals surface area contributed by atoms with E-state index < -0.39 is 40.1 Å². The van der Waals surface area contributed by atoms with Crippen LogP contribution in [-0.4, -0.2) is 40.0 Å². The van der Waals surface area contributed by atoms with Gasteiger partial charge in [0.15, 0.2) is 17.2 Å². The fourth-order valence-corrected chi connectivity index (χ4v) is 7.62. The van der Waals surface area contributed by atoms with Crippen LogP contribution in [0.15, 0.2) is 11.6 Å². The second kappa shape index (κ2) is 6.22. The van der Waals surface area contributed by atoms with Gasteiger partial charge >= 0.3 is 5.97 Å². The second-order valence-electron chi connectivity index (χ2n) is 10.1. The first-order valence-electron chi connectivity index (χ1n) is 10.7. The summed E-state index contributed by atoms with van der Waals surface area (Å²) in [5.74, 6) is -1.35. The van der Waals surface area contributed by atoms with Crippen LogP contribution in [0.3, 0.4) is 0 Å². The number of ether oxygens (including phenoxy) is 1. The van der Waals surface area contributed by atoms with E-state index in [2.05, 4.69) is 0 Å². The Balaban J connectivity index is 1.81. The van der Waals surface area contributed by atoms with Gasteiger partial charge in [0.25, 0.3) is 0 Å². The number of carbonyl (C=O) groups excluding carboxylic acids is 3. The molecule has 160 valence electrons. The van der Waals surface area contributed by atoms with Gasteiger partial charge in [0, 0.05) is 30.1 Å². The number of aliphatic hydroxyl groups is 1. The Labute approximate surface area is 171 Å². The molecule has 0 aromatic rings. The van der Waals surface area contributed by atoms with Gasteiger partial charge in [0.05, 0.1) is 6.10 Å². The predicted molar refractivity (Wildman–Crippen MR) is 104 cm³/mol. The zero-order valence-corrected chi connectivity index (χ0v) is 17.7. The van der Waals surface area contributed by atoms with Crippen LogP contribution in [-0.2, 0) is 19.1 Å². The Morgan fingerprint density at radius 1 is 1.14 bits per heavy atom. The molecule has 0 amide bonds. The summed E-state index contributed by atoms with van der Waals surface area (Å²) in [5.41, 5.74) is -4.05. The summed E-state index contributed by atoms with van der Waals surface area (Å²) < 4.78 is 22.6. The molecule has 6 heteroatoms. The highest BCUT2D eigenvalue weighted by Crippen LogP contribution is 2.70. The third-order valence-corrected chi connectivity index (χ3v) is 9.05. The van der Waals surface area contributed by atoms with Gasteiger partial charge in [-0.2, -0.15) is 0 Å². The van der Waals surface area contributed by atoms with E-state index in [1.807, 2.05) is 13.8 Å². The first kappa shape index (κ1) is 20.7. The largest absolute Gasteiger partial charge is 0.451 e. The summed E-state index contributed by atoms with van der Waals surface area (Å²) >= 11 is 0. The van der Waals surface area contributed by atoms with Gasteiger partial charge in [-0.1, -0.05) is 19.4 Å². The van der Waals surface area contributed by atoms with Crippen molar-refractivity contribution in [3.8, 4) is 0 Å². The number of allylic oxidation sites excluding steroid dienone is 1. The molecule has 0 spiro atoms. The van der Waals surface area contributed by atoms with E-state index in [4.69, 9.17) is 4.74 Å². The summed E-state index contributed by atoms with van der Waals surface area (Å²) in [6.07, 6.45) is 3.15. The highest BCUT2D eigenvalue weighted by molar-refractivity contribution is 5.92. The minimum Gasteiger partial charge on any atom is -0.451 e. The van der Waals surface area contributed by atoms with Crippen molar-refractivity contribution < 1.29 is 28.6 Å². The molecule has 5 nitrogen and oxygen atoms in total. The molecule has 0 aromatic carbocycles. The van der Waals surface area contributed by atoms with Crippen molar-refractivity contribution in [1.82, 2.24) is 0 Å². The highest BCUT2D eigenvalue weighted by atomic mass is 19.1. The van der Waals surface area contributed by atoms with Crippen molar-refractivity contribution in [1.29, 1.82) is 0 Å². The van der Waals surface area contributed by atoms with Crippen LogP contribution in [0.2, 0.25) is 0 Å². The molecule has 4 aliphatic rings. The molecule has 0 aliphatic heterocycles. The Morgan fingerprint density at radius 2 is 1.83 bits per heavy atom. The van der Waals surface area contributed by atoms with Crippen molar-refractivity contribution in [3.05, 3.63) is 11.6 Å². The standard InChI is InChI=1S/C23H31FO5/c1-13(25)22(29-14(2)26)10-8-17-18-6-5-15-11-16(27)7-9-20(15,3)23(18,24)19(28)12-21(17,22)4/h11,17-19,28H,5-10,12H2,1-4H3/t17-,18-,19+,20+,21+,22+,23+/m1/s1. The van der Waals surface area contributed by atoms with Crippen LogP contribution in [0.5, 0.6) is 0 Å². The summed E-state index contributed by atoms with van der Waals surface area (Å²) in [7, 11) is 0. The first-order valence-corrected chi connectivity index (χ1v) is 10.7. The lowest BCUT2D eigenvalue weighted by Crippen LogP contribution is -2.69. The monoisotopic (exact) mass is 406 g/mol. The van der Waals surface area contributed by atoms with Gasteiger partial charge in [-0.05, 0) is 57.4 Å². The van der Waals surface area contributed by atoms with Crippen molar-refractivity contribution in [2.24, 2.45) is 22.7 Å². The number of hydrogen-bond donors (Lipinski definition) is 1. The normalized spacial score (nSPS) is 48.8. The molecular weight excluding hydrogens is 375 g/mol. The summed E-state index contributed by atoms with van der Waals surface area (Å²) in [5, 5.41) is 11.3. The maximum Gasteiger partial charge on any atom is 0.303 e. The molecule has 0 heterocycles. The molecule has 1 N–H and O–H groups in total. The quantitative estimate of drug-likeness (QED) is 0.710. The van der Waals surface area contributed by atoms with Crippen molar-refractivity contribution >= 4 is 17.5 Å². The molecule has 3 fully saturated rings. The van der Waals surface area contributed by atoms with E-state index >= 15 is 4.39 Å². The fraction of sp³-hybridized carbons (Fsp3) is 0.783. The van der Waals surface area contributed by atoms with E-state index in [9.17, 15) is 19.5 Å². The maximum absolute atomic E-state index is 17.0. The van der Waals surface area contributed by atoms with Crippen LogP contribution >= 0.6 is 0 Å². The molecule has 7 atom stereocenters. The topological polar surface area (TPSA) is 80.7 Å². The number of Topliss-reactive ketones (excluding diaryl/α,β-unsaturated/α-hetero) is 1. The van der Waals surface area contributed by atoms with Gasteiger partial charge in [-0.25, -0.2) is 4.39 Å². The summed E-state index contributed by atoms with van der Waals surface area (Å²) in [6.45, 7) is 6.45. The average Bonchev–Trinajstić information content (AvgIpc) is 2.90. The SMILES string of the molecule is CC(=O)O[C@]1(C(C)=O)CC[C@@H]2[C@H]3CCC4=CC(=O)CC[C@]4(C)[C@@]3(F)[C@@H](O)C[C@@]21C. The third-order valence-electron chi connectivity index (χ3n) is 9.05. The van der Waals surface area contributed by atoms with Gasteiger partial charge in [-0.3, -0.25) is 14.4 Å². The smallest absolute Gasteiger partial charge is 0.303 e. The lowest BCUT2D eigenvalue weighted by atomic mass is 9.44. The van der Waals surface area contributed by atoms with E-state index in [0.717, 1.165) is 5.57 Å². The lowest BCUT2D eigenvalue weighted by Gasteiger charge is -2.63. The minimum atomic E-state index is -1.86. The van der Waals surface area contributed by atoms with Crippen LogP contribution in [0.1, 0.15) is 72.6 Å². The number of alkyl halides is 1. The minimum absolute atomic E-state index is 0.0287. The van der Waals surface area contributed by atoms with Crippen molar-refractivity contribution in [2.75, 3.05) is 0 Å². The third kappa shape index (κ3) is 2.38. The number of hydrogen-bond acceptors (Lipinski definition) is 5. The van der Waals surface area contributed by atoms with E-state index in [-0.39, 0.29) is 30.3 Å². The Morgan fingerprint density at radius 3 is 2.45 bits per heavy atom. The number of carbonyl (C=O) groups is 3. The molecule has 4 aliphatic carbocycles. The number of aliphatic hydroxyl groups excluding tert-OH is 1. The van der Waals surface area contributed by atoms with Crippen molar-refractivity contribution in [3.63, 3.8) is 0 Å². The van der Waals surface area contributed by atoms with E-state index in [0.29, 0.717) is 32.1 Å². The average molecular weight is 406 g/mol. The van der Waals surface area contributed by atoms with Gasteiger partial charge < -0.3 is 9.84 Å². The molecular formula is C23H31FO5. The molecule has 3 saturated carbocycles. The molecule has 0 radical (unpaired) electrons. The lowest BCUT2D eigenvalue weighted by molar-refractivity contribution is -0.231. The maximum atomic E-state index is 17.0. The summed E-state index contributed by atoms with van der Waals surface area (Å²) in [4.78, 5) is 36.6. The van der Waals surface area contributed by atoms with Crippen molar-refractivity contribution in [2.45, 2.75) is 90.0 Å². The molecule has 0 aromatic heterocycles. The van der Waals surface area contributed by atoms with Gasteiger partial charge in [-0.15, -0.1) is 0 Å². The number of esters is 1. The number of halogens is 1. The van der Waals surface area contributed by atoms with Gasteiger partial charge in [0.2, 0.25) is 0 Å². The molecule has 4 rings (SSSR count). The molecule has 29 heavy (non-hydrogen) atoms. The van der Waals surface area contributed by atoms with Crippen LogP contribution in [0.25, 0.3) is 0 Å². The van der Waals surface area contributed by atoms with Crippen LogP contribution in [0, 0.1) is 22.7 Å². The number of ketones is 2. The molecule has 0 unspecified atom stereocenters.